The number of halogens is 1. The molecular weight excluding hydrogens is 396 g/mol. The Morgan fingerprint density at radius 2 is 1.77 bits per heavy atom. The first kappa shape index (κ1) is 18.4. The molecule has 0 aliphatic carbocycles. The van der Waals surface area contributed by atoms with Gasteiger partial charge in [-0.05, 0) is 56.2 Å². The molecule has 0 saturated carbocycles. The molecule has 0 N–H and O–H groups in total. The molecular formula is C21H19BrO4. The second kappa shape index (κ2) is 7.46. The van der Waals surface area contributed by atoms with Crippen molar-refractivity contribution in [3.8, 4) is 0 Å². The van der Waals surface area contributed by atoms with Gasteiger partial charge in [-0.2, -0.15) is 0 Å². The minimum Gasteiger partial charge on any atom is -0.464 e. The highest BCUT2D eigenvalue weighted by molar-refractivity contribution is 9.10. The van der Waals surface area contributed by atoms with Gasteiger partial charge in [-0.1, -0.05) is 28.1 Å². The standard InChI is InChI=1S/C21H19BrO4/c1-12-8-18-16(11-25-19(18)9-13(12)2)10-20(23)26-14(3)21(24)15-4-6-17(22)7-5-15/h4-9,11,14H,10H2,1-3H3. The SMILES string of the molecule is Cc1cc2occ(CC(=O)OC(C)C(=O)c3ccc(Br)cc3)c2cc1C. The maximum absolute atomic E-state index is 12.4. The molecule has 0 spiro atoms. The van der Waals surface area contributed by atoms with Gasteiger partial charge in [-0.25, -0.2) is 0 Å². The Labute approximate surface area is 160 Å². The largest absolute Gasteiger partial charge is 0.464 e. The summed E-state index contributed by atoms with van der Waals surface area (Å²) in [5.41, 5.74) is 4.28. The summed E-state index contributed by atoms with van der Waals surface area (Å²) in [6.45, 7) is 5.62. The van der Waals surface area contributed by atoms with Gasteiger partial charge in [-0.3, -0.25) is 9.59 Å². The number of Topliss-reactive ketones (excluding diaryl/α,β-unsaturated/α-hetero) is 1. The van der Waals surface area contributed by atoms with Crippen molar-refractivity contribution >= 4 is 38.7 Å². The average molecular weight is 415 g/mol. The van der Waals surface area contributed by atoms with Crippen molar-refractivity contribution in [3.05, 3.63) is 69.4 Å². The molecule has 1 unspecified atom stereocenters. The number of ketones is 1. The minimum absolute atomic E-state index is 0.0630. The maximum atomic E-state index is 12.4. The Morgan fingerprint density at radius 1 is 1.12 bits per heavy atom. The van der Waals surface area contributed by atoms with Crippen LogP contribution in [0.1, 0.15) is 34.0 Å². The van der Waals surface area contributed by atoms with Crippen molar-refractivity contribution in [3.63, 3.8) is 0 Å². The Kier molecular flexibility index (Phi) is 5.28. The highest BCUT2D eigenvalue weighted by Gasteiger charge is 2.21. The van der Waals surface area contributed by atoms with Gasteiger partial charge in [0, 0.05) is 21.0 Å². The number of aryl methyl sites for hydroxylation is 2. The van der Waals surface area contributed by atoms with E-state index in [9.17, 15) is 9.59 Å². The molecule has 1 heterocycles. The lowest BCUT2D eigenvalue weighted by Crippen LogP contribution is -2.25. The number of rotatable bonds is 5. The van der Waals surface area contributed by atoms with E-state index in [1.54, 1.807) is 37.5 Å². The second-order valence-corrected chi connectivity index (χ2v) is 7.29. The van der Waals surface area contributed by atoms with Gasteiger partial charge in [0.05, 0.1) is 12.7 Å². The molecule has 5 heteroatoms. The van der Waals surface area contributed by atoms with Crippen molar-refractivity contribution in [2.24, 2.45) is 0 Å². The third-order valence-electron chi connectivity index (χ3n) is 4.41. The smallest absolute Gasteiger partial charge is 0.311 e. The third kappa shape index (κ3) is 3.88. The van der Waals surface area contributed by atoms with E-state index in [1.807, 2.05) is 26.0 Å². The summed E-state index contributed by atoms with van der Waals surface area (Å²) in [5.74, 6) is -0.682. The summed E-state index contributed by atoms with van der Waals surface area (Å²) < 4.78 is 11.8. The van der Waals surface area contributed by atoms with Crippen LogP contribution in [-0.2, 0) is 16.0 Å². The van der Waals surface area contributed by atoms with E-state index in [0.29, 0.717) is 5.56 Å². The summed E-state index contributed by atoms with van der Waals surface area (Å²) in [6, 6.07) is 10.9. The van der Waals surface area contributed by atoms with E-state index in [-0.39, 0.29) is 12.2 Å². The summed E-state index contributed by atoms with van der Waals surface area (Å²) in [4.78, 5) is 24.7. The van der Waals surface area contributed by atoms with Crippen molar-refractivity contribution in [1.82, 2.24) is 0 Å². The number of fused-ring (bicyclic) bond motifs is 1. The fourth-order valence-corrected chi connectivity index (χ4v) is 3.03. The topological polar surface area (TPSA) is 56.5 Å². The predicted molar refractivity (Wildman–Crippen MR) is 103 cm³/mol. The summed E-state index contributed by atoms with van der Waals surface area (Å²) in [6.07, 6.45) is 0.797. The second-order valence-electron chi connectivity index (χ2n) is 6.37. The summed E-state index contributed by atoms with van der Waals surface area (Å²) in [7, 11) is 0. The van der Waals surface area contributed by atoms with Crippen LogP contribution in [-0.4, -0.2) is 17.9 Å². The fraction of sp³-hybridized carbons (Fsp3) is 0.238. The van der Waals surface area contributed by atoms with Gasteiger partial charge in [0.25, 0.3) is 0 Å². The Balaban J connectivity index is 1.69. The first-order chi connectivity index (χ1) is 12.3. The van der Waals surface area contributed by atoms with Crippen molar-refractivity contribution in [2.45, 2.75) is 33.3 Å². The molecule has 3 aromatic rings. The number of hydrogen-bond acceptors (Lipinski definition) is 4. The zero-order valence-corrected chi connectivity index (χ0v) is 16.4. The molecule has 4 nitrogen and oxygen atoms in total. The number of ether oxygens (including phenoxy) is 1. The first-order valence-electron chi connectivity index (χ1n) is 8.31. The maximum Gasteiger partial charge on any atom is 0.311 e. The molecule has 0 aliphatic rings. The molecule has 1 aromatic heterocycles. The van der Waals surface area contributed by atoms with Gasteiger partial charge in [0.1, 0.15) is 5.58 Å². The lowest BCUT2D eigenvalue weighted by Gasteiger charge is -2.12. The normalized spacial score (nSPS) is 12.2. The minimum atomic E-state index is -0.842. The number of carbonyl (C=O) groups excluding carboxylic acids is 2. The number of furan rings is 1. The van der Waals surface area contributed by atoms with E-state index in [2.05, 4.69) is 15.9 Å². The van der Waals surface area contributed by atoms with Crippen molar-refractivity contribution in [2.75, 3.05) is 0 Å². The van der Waals surface area contributed by atoms with Crippen molar-refractivity contribution in [1.29, 1.82) is 0 Å². The molecule has 0 radical (unpaired) electrons. The fourth-order valence-electron chi connectivity index (χ4n) is 2.77. The van der Waals surface area contributed by atoms with Crippen LogP contribution in [0.3, 0.4) is 0 Å². The van der Waals surface area contributed by atoms with Crippen molar-refractivity contribution < 1.29 is 18.7 Å². The molecule has 0 bridgehead atoms. The Morgan fingerprint density at radius 3 is 2.46 bits per heavy atom. The number of esters is 1. The molecule has 0 saturated heterocycles. The lowest BCUT2D eigenvalue weighted by atomic mass is 10.0. The van der Waals surface area contributed by atoms with Gasteiger partial charge in [0.15, 0.2) is 6.10 Å². The van der Waals surface area contributed by atoms with Crippen LogP contribution in [0.5, 0.6) is 0 Å². The van der Waals surface area contributed by atoms with E-state index in [4.69, 9.17) is 9.15 Å². The van der Waals surface area contributed by atoms with Gasteiger partial charge in [-0.15, -0.1) is 0 Å². The van der Waals surface area contributed by atoms with Gasteiger partial charge >= 0.3 is 5.97 Å². The molecule has 0 amide bonds. The van der Waals surface area contributed by atoms with Crippen LogP contribution >= 0.6 is 15.9 Å². The molecule has 134 valence electrons. The quantitative estimate of drug-likeness (QED) is 0.426. The lowest BCUT2D eigenvalue weighted by molar-refractivity contribution is -0.145. The van der Waals surface area contributed by atoms with Gasteiger partial charge < -0.3 is 9.15 Å². The molecule has 0 fully saturated rings. The van der Waals surface area contributed by atoms with E-state index in [1.165, 1.54) is 0 Å². The average Bonchev–Trinajstić information content (AvgIpc) is 2.97. The van der Waals surface area contributed by atoms with Crippen LogP contribution in [0.4, 0.5) is 0 Å². The number of hydrogen-bond donors (Lipinski definition) is 0. The van der Waals surface area contributed by atoms with Gasteiger partial charge in [0.2, 0.25) is 5.78 Å². The molecule has 0 aliphatic heterocycles. The number of benzene rings is 2. The Hall–Kier alpha value is -2.40. The highest BCUT2D eigenvalue weighted by atomic mass is 79.9. The van der Waals surface area contributed by atoms with Crippen LogP contribution in [0.2, 0.25) is 0 Å². The molecule has 2 aromatic carbocycles. The van der Waals surface area contributed by atoms with Crippen LogP contribution in [0.15, 0.2) is 51.6 Å². The molecule has 3 rings (SSSR count). The zero-order chi connectivity index (χ0) is 18.8. The van der Waals surface area contributed by atoms with Crippen LogP contribution in [0, 0.1) is 13.8 Å². The highest BCUT2D eigenvalue weighted by Crippen LogP contribution is 2.25. The zero-order valence-electron chi connectivity index (χ0n) is 14.8. The first-order valence-corrected chi connectivity index (χ1v) is 9.11. The van der Waals surface area contributed by atoms with E-state index < -0.39 is 12.1 Å². The molecule has 1 atom stereocenters. The molecule has 26 heavy (non-hydrogen) atoms. The van der Waals surface area contributed by atoms with E-state index >= 15 is 0 Å². The number of carbonyl (C=O) groups is 2. The summed E-state index contributed by atoms with van der Waals surface area (Å²) in [5, 5.41) is 0.900. The van der Waals surface area contributed by atoms with E-state index in [0.717, 1.165) is 32.1 Å². The van der Waals surface area contributed by atoms with Crippen LogP contribution in [0.25, 0.3) is 11.0 Å². The van der Waals surface area contributed by atoms with Crippen LogP contribution < -0.4 is 0 Å². The third-order valence-corrected chi connectivity index (χ3v) is 4.94. The monoisotopic (exact) mass is 414 g/mol. The predicted octanol–water partition coefficient (Wildman–Crippen LogP) is 5.17. The Bertz CT molecular complexity index is 970. The summed E-state index contributed by atoms with van der Waals surface area (Å²) >= 11 is 3.33.